The first-order chi connectivity index (χ1) is 10.7. The fourth-order valence-electron chi connectivity index (χ4n) is 3.26. The second kappa shape index (κ2) is 5.21. The molecule has 0 saturated carbocycles. The number of nitrogens with one attached hydrogen (secondary N) is 1. The average molecular weight is 312 g/mol. The molecule has 0 radical (unpaired) electrons. The van der Waals surface area contributed by atoms with Crippen molar-refractivity contribution in [3.05, 3.63) is 40.5 Å². The molecule has 1 aliphatic carbocycles. The molecule has 22 heavy (non-hydrogen) atoms. The summed E-state index contributed by atoms with van der Waals surface area (Å²) >= 11 is 1.39. The van der Waals surface area contributed by atoms with Crippen molar-refractivity contribution >= 4 is 33.3 Å². The van der Waals surface area contributed by atoms with Crippen LogP contribution in [0.15, 0.2) is 24.3 Å². The van der Waals surface area contributed by atoms with Gasteiger partial charge in [-0.05, 0) is 37.8 Å². The maximum atomic E-state index is 12.3. The molecule has 2 heterocycles. The summed E-state index contributed by atoms with van der Waals surface area (Å²) in [6.45, 7) is 2.20. The Morgan fingerprint density at radius 2 is 2.18 bits per heavy atom. The fraction of sp³-hybridized carbons (Fsp3) is 0.312. The van der Waals surface area contributed by atoms with Crippen LogP contribution >= 0.6 is 11.3 Å². The first-order valence-electron chi connectivity index (χ1n) is 7.41. The van der Waals surface area contributed by atoms with E-state index in [-0.39, 0.29) is 5.91 Å². The van der Waals surface area contributed by atoms with Gasteiger partial charge in [0.2, 0.25) is 11.0 Å². The van der Waals surface area contributed by atoms with E-state index in [0.29, 0.717) is 11.7 Å². The molecule has 3 aromatic rings. The van der Waals surface area contributed by atoms with E-state index in [4.69, 9.17) is 0 Å². The minimum absolute atomic E-state index is 0.0494. The number of hydrogen-bond acceptors (Lipinski definition) is 4. The van der Waals surface area contributed by atoms with E-state index in [1.165, 1.54) is 34.4 Å². The van der Waals surface area contributed by atoms with Crippen LogP contribution in [0.3, 0.4) is 0 Å². The number of aromatic nitrogens is 3. The zero-order chi connectivity index (χ0) is 15.1. The fourth-order valence-corrected chi connectivity index (χ4v) is 3.86. The van der Waals surface area contributed by atoms with Gasteiger partial charge in [0, 0.05) is 16.6 Å². The van der Waals surface area contributed by atoms with E-state index in [1.807, 2.05) is 13.0 Å². The molecule has 0 saturated heterocycles. The lowest BCUT2D eigenvalue weighted by molar-refractivity contribution is -0.116. The Morgan fingerprint density at radius 1 is 1.32 bits per heavy atom. The van der Waals surface area contributed by atoms with Gasteiger partial charge in [-0.25, -0.2) is 0 Å². The number of amides is 1. The van der Waals surface area contributed by atoms with Crippen LogP contribution in [-0.2, 0) is 24.2 Å². The molecule has 112 valence electrons. The topological polar surface area (TPSA) is 59.8 Å². The Labute approximate surface area is 132 Å². The van der Waals surface area contributed by atoms with E-state index in [1.54, 1.807) is 0 Å². The smallest absolute Gasteiger partial charge is 0.246 e. The lowest BCUT2D eigenvalue weighted by Gasteiger charge is -2.08. The normalized spacial score (nSPS) is 13.5. The van der Waals surface area contributed by atoms with E-state index in [0.717, 1.165) is 23.4 Å². The van der Waals surface area contributed by atoms with Crippen LogP contribution in [0.1, 0.15) is 22.7 Å². The summed E-state index contributed by atoms with van der Waals surface area (Å²) in [6.07, 6.45) is 3.34. The van der Waals surface area contributed by atoms with Gasteiger partial charge >= 0.3 is 0 Å². The number of aryl methyl sites for hydroxylation is 2. The standard InChI is InChI=1S/C16H16N4OS/c1-10-18-19-16(22-10)17-15(21)9-20-13-7-3-2-5-11(13)12-6-4-8-14(12)20/h2-3,5,7H,4,6,8-9H2,1H3,(H,17,19,21). The maximum absolute atomic E-state index is 12.3. The summed E-state index contributed by atoms with van der Waals surface area (Å²) in [5.74, 6) is -0.0494. The van der Waals surface area contributed by atoms with Crippen LogP contribution in [0.2, 0.25) is 0 Å². The molecule has 1 aromatic carbocycles. The number of carbonyl (C=O) groups excluding carboxylic acids is 1. The molecule has 1 N–H and O–H groups in total. The van der Waals surface area contributed by atoms with E-state index in [9.17, 15) is 4.79 Å². The lowest BCUT2D eigenvalue weighted by atomic mass is 10.1. The largest absolute Gasteiger partial charge is 0.335 e. The van der Waals surface area contributed by atoms with Crippen LogP contribution in [0.4, 0.5) is 5.13 Å². The number of benzene rings is 1. The van der Waals surface area contributed by atoms with Crippen molar-refractivity contribution in [2.75, 3.05) is 5.32 Å². The van der Waals surface area contributed by atoms with Gasteiger partial charge in [0.05, 0.1) is 0 Å². The Balaban J connectivity index is 1.65. The molecule has 1 aliphatic rings. The molecule has 0 spiro atoms. The molecular weight excluding hydrogens is 296 g/mol. The van der Waals surface area contributed by atoms with Gasteiger partial charge in [0.25, 0.3) is 0 Å². The molecular formula is C16H16N4OS. The number of hydrogen-bond donors (Lipinski definition) is 1. The highest BCUT2D eigenvalue weighted by Crippen LogP contribution is 2.32. The SMILES string of the molecule is Cc1nnc(NC(=O)Cn2c3c(c4ccccc42)CCC3)s1. The summed E-state index contributed by atoms with van der Waals surface area (Å²) in [4.78, 5) is 12.3. The summed E-state index contributed by atoms with van der Waals surface area (Å²) in [6, 6.07) is 8.34. The first-order valence-corrected chi connectivity index (χ1v) is 8.23. The summed E-state index contributed by atoms with van der Waals surface area (Å²) < 4.78 is 2.15. The number of anilines is 1. The Kier molecular flexibility index (Phi) is 3.18. The molecule has 4 rings (SSSR count). The van der Waals surface area contributed by atoms with Crippen LogP contribution in [0.25, 0.3) is 10.9 Å². The summed E-state index contributed by atoms with van der Waals surface area (Å²) in [5, 5.41) is 13.4. The van der Waals surface area contributed by atoms with Crippen LogP contribution in [-0.4, -0.2) is 20.7 Å². The number of rotatable bonds is 3. The second-order valence-corrected chi connectivity index (χ2v) is 6.74. The predicted octanol–water partition coefficient (Wildman–Crippen LogP) is 2.93. The highest BCUT2D eigenvalue weighted by Gasteiger charge is 2.22. The van der Waals surface area contributed by atoms with Gasteiger partial charge in [-0.2, -0.15) is 0 Å². The van der Waals surface area contributed by atoms with Gasteiger partial charge in [-0.1, -0.05) is 29.5 Å². The van der Waals surface area contributed by atoms with Crippen LogP contribution in [0, 0.1) is 6.92 Å². The molecule has 6 heteroatoms. The molecule has 1 amide bonds. The third-order valence-electron chi connectivity index (χ3n) is 4.11. The third kappa shape index (κ3) is 2.20. The molecule has 0 fully saturated rings. The summed E-state index contributed by atoms with van der Waals surface area (Å²) in [7, 11) is 0. The van der Waals surface area contributed by atoms with E-state index < -0.39 is 0 Å². The van der Waals surface area contributed by atoms with Crippen molar-refractivity contribution in [2.45, 2.75) is 32.7 Å². The maximum Gasteiger partial charge on any atom is 0.246 e. The van der Waals surface area contributed by atoms with E-state index >= 15 is 0 Å². The number of carbonyl (C=O) groups is 1. The van der Waals surface area contributed by atoms with Gasteiger partial charge in [-0.15, -0.1) is 10.2 Å². The molecule has 5 nitrogen and oxygen atoms in total. The van der Waals surface area contributed by atoms with Gasteiger partial charge in [0.15, 0.2) is 0 Å². The van der Waals surface area contributed by atoms with Gasteiger partial charge in [-0.3, -0.25) is 10.1 Å². The van der Waals surface area contributed by atoms with Gasteiger partial charge in [0.1, 0.15) is 11.6 Å². The van der Waals surface area contributed by atoms with Crippen molar-refractivity contribution in [3.8, 4) is 0 Å². The highest BCUT2D eigenvalue weighted by molar-refractivity contribution is 7.15. The predicted molar refractivity (Wildman–Crippen MR) is 87.2 cm³/mol. The highest BCUT2D eigenvalue weighted by atomic mass is 32.1. The molecule has 0 bridgehead atoms. The van der Waals surface area contributed by atoms with Crippen molar-refractivity contribution in [3.63, 3.8) is 0 Å². The zero-order valence-corrected chi connectivity index (χ0v) is 13.1. The first kappa shape index (κ1) is 13.5. The zero-order valence-electron chi connectivity index (χ0n) is 12.3. The minimum atomic E-state index is -0.0494. The number of nitrogens with zero attached hydrogens (tertiary/aromatic N) is 3. The molecule has 2 aromatic heterocycles. The third-order valence-corrected chi connectivity index (χ3v) is 4.86. The van der Waals surface area contributed by atoms with Crippen LogP contribution in [0.5, 0.6) is 0 Å². The van der Waals surface area contributed by atoms with Crippen molar-refractivity contribution < 1.29 is 4.79 Å². The molecule has 0 aliphatic heterocycles. The van der Waals surface area contributed by atoms with Crippen molar-refractivity contribution in [1.29, 1.82) is 0 Å². The lowest BCUT2D eigenvalue weighted by Crippen LogP contribution is -2.19. The van der Waals surface area contributed by atoms with Gasteiger partial charge < -0.3 is 4.57 Å². The Morgan fingerprint density at radius 3 is 3.00 bits per heavy atom. The average Bonchev–Trinajstić information content (AvgIpc) is 3.18. The summed E-state index contributed by atoms with van der Waals surface area (Å²) in [5.41, 5.74) is 3.87. The number of para-hydroxylation sites is 1. The van der Waals surface area contributed by atoms with Crippen molar-refractivity contribution in [2.24, 2.45) is 0 Å². The van der Waals surface area contributed by atoms with Crippen LogP contribution < -0.4 is 5.32 Å². The number of fused-ring (bicyclic) bond motifs is 3. The Bertz CT molecular complexity index is 864. The van der Waals surface area contributed by atoms with Crippen molar-refractivity contribution in [1.82, 2.24) is 14.8 Å². The molecule has 0 unspecified atom stereocenters. The quantitative estimate of drug-likeness (QED) is 0.809. The van der Waals surface area contributed by atoms with E-state index in [2.05, 4.69) is 38.3 Å². The minimum Gasteiger partial charge on any atom is -0.335 e. The second-order valence-electron chi connectivity index (χ2n) is 5.56. The Hall–Kier alpha value is -2.21. The molecule has 0 atom stereocenters. The monoisotopic (exact) mass is 312 g/mol.